The van der Waals surface area contributed by atoms with Gasteiger partial charge in [0.25, 0.3) is 5.56 Å². The van der Waals surface area contributed by atoms with Crippen LogP contribution in [0.25, 0.3) is 0 Å². The standard InChI is InChI=1S/C23H32N4O4/c1-3-31-20-5-4-17(14-21(20)29-2)16-26-8-6-18(7-9-26)19-15-22(28)25-23(24-19)27-10-12-30-13-11-27/h4-5,14-15,18H,3,6-13,16H2,1-2H3,(H,24,25,28). The highest BCUT2D eigenvalue weighted by atomic mass is 16.5. The summed E-state index contributed by atoms with van der Waals surface area (Å²) in [6.45, 7) is 8.27. The number of ether oxygens (including phenoxy) is 3. The molecule has 2 aliphatic heterocycles. The van der Waals surface area contributed by atoms with Gasteiger partial charge < -0.3 is 19.1 Å². The fraction of sp³-hybridized carbons (Fsp3) is 0.565. The number of anilines is 1. The van der Waals surface area contributed by atoms with Crippen LogP contribution < -0.4 is 19.9 Å². The van der Waals surface area contributed by atoms with Gasteiger partial charge in [-0.3, -0.25) is 14.7 Å². The van der Waals surface area contributed by atoms with E-state index in [1.54, 1.807) is 13.2 Å². The first-order valence-electron chi connectivity index (χ1n) is 11.1. The quantitative estimate of drug-likeness (QED) is 0.725. The van der Waals surface area contributed by atoms with Crippen LogP contribution in [0.1, 0.15) is 36.9 Å². The molecule has 168 valence electrons. The van der Waals surface area contributed by atoms with Crippen LogP contribution in [-0.4, -0.2) is 68.0 Å². The monoisotopic (exact) mass is 428 g/mol. The number of piperidine rings is 1. The Morgan fingerprint density at radius 3 is 2.61 bits per heavy atom. The van der Waals surface area contributed by atoms with Crippen molar-refractivity contribution in [1.29, 1.82) is 0 Å². The van der Waals surface area contributed by atoms with Gasteiger partial charge in [-0.25, -0.2) is 4.98 Å². The number of rotatable bonds is 7. The summed E-state index contributed by atoms with van der Waals surface area (Å²) in [5, 5.41) is 0. The second-order valence-electron chi connectivity index (χ2n) is 8.06. The van der Waals surface area contributed by atoms with E-state index in [2.05, 4.69) is 26.9 Å². The number of hydrogen-bond acceptors (Lipinski definition) is 7. The third-order valence-corrected chi connectivity index (χ3v) is 6.00. The predicted molar refractivity (Wildman–Crippen MR) is 119 cm³/mol. The Balaban J connectivity index is 1.38. The van der Waals surface area contributed by atoms with Gasteiger partial charge in [-0.2, -0.15) is 0 Å². The van der Waals surface area contributed by atoms with Crippen molar-refractivity contribution >= 4 is 5.95 Å². The van der Waals surface area contributed by atoms with Crippen molar-refractivity contribution in [2.75, 3.05) is 58.0 Å². The molecule has 0 saturated carbocycles. The molecule has 8 heteroatoms. The molecule has 3 heterocycles. The van der Waals surface area contributed by atoms with E-state index in [4.69, 9.17) is 19.2 Å². The zero-order chi connectivity index (χ0) is 21.6. The third kappa shape index (κ3) is 5.37. The summed E-state index contributed by atoms with van der Waals surface area (Å²) >= 11 is 0. The van der Waals surface area contributed by atoms with E-state index in [0.29, 0.717) is 31.7 Å². The van der Waals surface area contributed by atoms with Crippen molar-refractivity contribution in [3.8, 4) is 11.5 Å². The molecule has 2 saturated heterocycles. The Hall–Kier alpha value is -2.58. The number of nitrogens with one attached hydrogen (secondary N) is 1. The minimum atomic E-state index is -0.0737. The maximum atomic E-state index is 12.3. The molecule has 1 aromatic carbocycles. The predicted octanol–water partition coefficient (Wildman–Crippen LogP) is 2.39. The number of benzene rings is 1. The smallest absolute Gasteiger partial charge is 0.252 e. The minimum Gasteiger partial charge on any atom is -0.493 e. The van der Waals surface area contributed by atoms with Crippen molar-refractivity contribution in [2.45, 2.75) is 32.2 Å². The SMILES string of the molecule is CCOc1ccc(CN2CCC(c3cc(=O)[nH]c(N4CCOCC4)n3)CC2)cc1OC. The summed E-state index contributed by atoms with van der Waals surface area (Å²) in [6.07, 6.45) is 1.99. The zero-order valence-electron chi connectivity index (χ0n) is 18.4. The van der Waals surface area contributed by atoms with E-state index < -0.39 is 0 Å². The van der Waals surface area contributed by atoms with Gasteiger partial charge >= 0.3 is 0 Å². The Morgan fingerprint density at radius 1 is 1.13 bits per heavy atom. The highest BCUT2D eigenvalue weighted by Gasteiger charge is 2.24. The molecule has 2 aromatic rings. The number of hydrogen-bond donors (Lipinski definition) is 1. The molecule has 8 nitrogen and oxygen atoms in total. The van der Waals surface area contributed by atoms with E-state index in [1.165, 1.54) is 5.56 Å². The first-order valence-corrected chi connectivity index (χ1v) is 11.1. The summed E-state index contributed by atoms with van der Waals surface area (Å²) < 4.78 is 16.5. The number of likely N-dealkylation sites (tertiary alicyclic amines) is 1. The van der Waals surface area contributed by atoms with Crippen LogP contribution in [0.15, 0.2) is 29.1 Å². The molecule has 0 radical (unpaired) electrons. The maximum Gasteiger partial charge on any atom is 0.252 e. The number of nitrogens with zero attached hydrogens (tertiary/aromatic N) is 3. The second kappa shape index (κ2) is 10.2. The van der Waals surface area contributed by atoms with Gasteiger partial charge in [0.2, 0.25) is 5.95 Å². The fourth-order valence-electron chi connectivity index (χ4n) is 4.33. The highest BCUT2D eigenvalue weighted by Crippen LogP contribution is 2.31. The molecule has 0 aliphatic carbocycles. The number of aromatic nitrogens is 2. The molecule has 2 fully saturated rings. The lowest BCUT2D eigenvalue weighted by atomic mass is 9.93. The van der Waals surface area contributed by atoms with Crippen LogP contribution in [0, 0.1) is 0 Å². The van der Waals surface area contributed by atoms with Crippen molar-refractivity contribution < 1.29 is 14.2 Å². The first kappa shape index (κ1) is 21.6. The number of methoxy groups -OCH3 is 1. The largest absolute Gasteiger partial charge is 0.493 e. The van der Waals surface area contributed by atoms with Gasteiger partial charge in [0.15, 0.2) is 11.5 Å². The van der Waals surface area contributed by atoms with Crippen molar-refractivity contribution in [1.82, 2.24) is 14.9 Å². The van der Waals surface area contributed by atoms with E-state index in [1.807, 2.05) is 13.0 Å². The third-order valence-electron chi connectivity index (χ3n) is 6.00. The number of aromatic amines is 1. The van der Waals surface area contributed by atoms with Crippen LogP contribution in [0.4, 0.5) is 5.95 Å². The minimum absolute atomic E-state index is 0.0737. The molecular weight excluding hydrogens is 396 g/mol. The summed E-state index contributed by atoms with van der Waals surface area (Å²) in [5.74, 6) is 2.55. The highest BCUT2D eigenvalue weighted by molar-refractivity contribution is 5.43. The number of morpholine rings is 1. The molecule has 0 spiro atoms. The topological polar surface area (TPSA) is 79.9 Å². The van der Waals surface area contributed by atoms with E-state index >= 15 is 0 Å². The maximum absolute atomic E-state index is 12.3. The lowest BCUT2D eigenvalue weighted by molar-refractivity contribution is 0.122. The molecule has 4 rings (SSSR count). The van der Waals surface area contributed by atoms with Crippen LogP contribution in [0.5, 0.6) is 11.5 Å². The van der Waals surface area contributed by atoms with Gasteiger partial charge in [0.1, 0.15) is 0 Å². The Kier molecular flexibility index (Phi) is 7.09. The van der Waals surface area contributed by atoms with Crippen LogP contribution >= 0.6 is 0 Å². The van der Waals surface area contributed by atoms with E-state index in [0.717, 1.165) is 62.8 Å². The molecule has 1 aromatic heterocycles. The van der Waals surface area contributed by atoms with E-state index in [-0.39, 0.29) is 5.56 Å². The second-order valence-corrected chi connectivity index (χ2v) is 8.06. The molecule has 0 unspecified atom stereocenters. The van der Waals surface area contributed by atoms with Gasteiger partial charge in [0.05, 0.1) is 32.6 Å². The zero-order valence-corrected chi connectivity index (χ0v) is 18.4. The van der Waals surface area contributed by atoms with Gasteiger partial charge in [-0.05, 0) is 50.6 Å². The summed E-state index contributed by atoms with van der Waals surface area (Å²) in [7, 11) is 1.67. The summed E-state index contributed by atoms with van der Waals surface area (Å²) in [5.41, 5.74) is 2.05. The van der Waals surface area contributed by atoms with E-state index in [9.17, 15) is 4.79 Å². The lowest BCUT2D eigenvalue weighted by Crippen LogP contribution is -2.39. The Bertz CT molecular complexity index is 918. The molecule has 1 N–H and O–H groups in total. The lowest BCUT2D eigenvalue weighted by Gasteiger charge is -2.32. The average molecular weight is 429 g/mol. The van der Waals surface area contributed by atoms with Crippen LogP contribution in [-0.2, 0) is 11.3 Å². The Labute approximate surface area is 183 Å². The first-order chi connectivity index (χ1) is 15.2. The summed E-state index contributed by atoms with van der Waals surface area (Å²) in [6, 6.07) is 7.82. The molecular formula is C23H32N4O4. The molecule has 31 heavy (non-hydrogen) atoms. The van der Waals surface area contributed by atoms with Crippen LogP contribution in [0.2, 0.25) is 0 Å². The molecule has 2 aliphatic rings. The fourth-order valence-corrected chi connectivity index (χ4v) is 4.33. The molecule has 0 amide bonds. The normalized spacial score (nSPS) is 18.2. The van der Waals surface area contributed by atoms with Gasteiger partial charge in [-0.1, -0.05) is 6.07 Å². The van der Waals surface area contributed by atoms with Crippen molar-refractivity contribution in [3.05, 3.63) is 45.9 Å². The molecule has 0 bridgehead atoms. The van der Waals surface area contributed by atoms with Crippen molar-refractivity contribution in [2.24, 2.45) is 0 Å². The van der Waals surface area contributed by atoms with Gasteiger partial charge in [-0.15, -0.1) is 0 Å². The Morgan fingerprint density at radius 2 is 1.90 bits per heavy atom. The summed E-state index contributed by atoms with van der Waals surface area (Å²) in [4.78, 5) is 24.5. The van der Waals surface area contributed by atoms with Gasteiger partial charge in [0, 0.05) is 31.6 Å². The molecule has 0 atom stereocenters. The van der Waals surface area contributed by atoms with Crippen molar-refractivity contribution in [3.63, 3.8) is 0 Å². The average Bonchev–Trinajstić information content (AvgIpc) is 2.81. The number of H-pyrrole nitrogens is 1. The van der Waals surface area contributed by atoms with Crippen LogP contribution in [0.3, 0.4) is 0 Å².